The molecule has 0 aliphatic carbocycles. The average molecular weight is 364 g/mol. The van der Waals surface area contributed by atoms with Gasteiger partial charge in [-0.15, -0.1) is 0 Å². The number of hydrogen-bond acceptors (Lipinski definition) is 2. The Labute approximate surface area is 156 Å². The van der Waals surface area contributed by atoms with Crippen LogP contribution in [-0.2, 0) is 6.42 Å². The van der Waals surface area contributed by atoms with Crippen molar-refractivity contribution in [3.8, 4) is 11.1 Å². The standard InChI is InChI=1S/C21H18ClN3O/c1-13-17(12-16-10-6-7-11-18(16)22)21(26)25-20(23-13)19(14(2)24-25)15-8-4-3-5-9-15/h3-11,24H,12H2,1-2H3. The molecule has 26 heavy (non-hydrogen) atoms. The van der Waals surface area contributed by atoms with Gasteiger partial charge in [-0.05, 0) is 31.0 Å². The van der Waals surface area contributed by atoms with E-state index in [0.717, 1.165) is 28.1 Å². The van der Waals surface area contributed by atoms with Gasteiger partial charge < -0.3 is 0 Å². The number of rotatable bonds is 3. The summed E-state index contributed by atoms with van der Waals surface area (Å²) in [6.07, 6.45) is 0.457. The Morgan fingerprint density at radius 1 is 1.04 bits per heavy atom. The van der Waals surface area contributed by atoms with Crippen molar-refractivity contribution in [3.05, 3.63) is 92.5 Å². The van der Waals surface area contributed by atoms with Crippen LogP contribution in [0.3, 0.4) is 0 Å². The van der Waals surface area contributed by atoms with Crippen LogP contribution < -0.4 is 5.56 Å². The van der Waals surface area contributed by atoms with Gasteiger partial charge in [0.05, 0.1) is 0 Å². The molecule has 0 bridgehead atoms. The zero-order chi connectivity index (χ0) is 18.3. The number of aryl methyl sites for hydroxylation is 2. The molecule has 0 fully saturated rings. The van der Waals surface area contributed by atoms with E-state index in [4.69, 9.17) is 16.6 Å². The molecule has 0 saturated heterocycles. The van der Waals surface area contributed by atoms with Crippen LogP contribution in [0.15, 0.2) is 59.4 Å². The summed E-state index contributed by atoms with van der Waals surface area (Å²) in [6.45, 7) is 3.84. The second kappa shape index (κ2) is 6.46. The molecule has 0 radical (unpaired) electrons. The number of aromatic nitrogens is 3. The van der Waals surface area contributed by atoms with Crippen molar-refractivity contribution in [1.82, 2.24) is 14.6 Å². The lowest BCUT2D eigenvalue weighted by atomic mass is 10.0. The molecular weight excluding hydrogens is 346 g/mol. The average Bonchev–Trinajstić information content (AvgIpc) is 2.97. The zero-order valence-electron chi connectivity index (χ0n) is 14.6. The fourth-order valence-corrected chi connectivity index (χ4v) is 3.51. The van der Waals surface area contributed by atoms with Crippen LogP contribution in [-0.4, -0.2) is 14.6 Å². The minimum Gasteiger partial charge on any atom is -0.293 e. The number of halogens is 1. The Bertz CT molecular complexity index is 1160. The lowest BCUT2D eigenvalue weighted by Crippen LogP contribution is -2.22. The molecule has 2 heterocycles. The molecule has 4 aromatic rings. The third-order valence-electron chi connectivity index (χ3n) is 4.65. The highest BCUT2D eigenvalue weighted by molar-refractivity contribution is 6.31. The summed E-state index contributed by atoms with van der Waals surface area (Å²) in [6, 6.07) is 17.6. The quantitative estimate of drug-likeness (QED) is 0.580. The van der Waals surface area contributed by atoms with E-state index < -0.39 is 0 Å². The van der Waals surface area contributed by atoms with Crippen LogP contribution in [0.5, 0.6) is 0 Å². The van der Waals surface area contributed by atoms with Gasteiger partial charge in [-0.25, -0.2) is 9.50 Å². The van der Waals surface area contributed by atoms with Crippen molar-refractivity contribution in [2.45, 2.75) is 20.3 Å². The normalized spacial score (nSPS) is 11.2. The summed E-state index contributed by atoms with van der Waals surface area (Å²) in [4.78, 5) is 17.9. The van der Waals surface area contributed by atoms with Gasteiger partial charge >= 0.3 is 0 Å². The first-order chi connectivity index (χ1) is 12.6. The first-order valence-electron chi connectivity index (χ1n) is 8.46. The summed E-state index contributed by atoms with van der Waals surface area (Å²) < 4.78 is 1.54. The number of fused-ring (bicyclic) bond motifs is 1. The molecule has 2 aromatic heterocycles. The Hall–Kier alpha value is -2.85. The summed E-state index contributed by atoms with van der Waals surface area (Å²) in [5, 5.41) is 3.83. The molecule has 0 unspecified atom stereocenters. The largest absolute Gasteiger partial charge is 0.293 e. The predicted octanol–water partition coefficient (Wildman–Crippen LogP) is 4.55. The van der Waals surface area contributed by atoms with E-state index in [2.05, 4.69) is 5.10 Å². The Balaban J connectivity index is 1.91. The van der Waals surface area contributed by atoms with Crippen molar-refractivity contribution in [2.75, 3.05) is 0 Å². The fraction of sp³-hybridized carbons (Fsp3) is 0.143. The second-order valence-electron chi connectivity index (χ2n) is 6.39. The Kier molecular flexibility index (Phi) is 4.13. The first-order valence-corrected chi connectivity index (χ1v) is 8.83. The van der Waals surface area contributed by atoms with E-state index in [1.165, 1.54) is 4.52 Å². The van der Waals surface area contributed by atoms with E-state index >= 15 is 0 Å². The minimum atomic E-state index is -0.0855. The van der Waals surface area contributed by atoms with Crippen molar-refractivity contribution in [1.29, 1.82) is 0 Å². The molecule has 0 amide bonds. The Morgan fingerprint density at radius 2 is 1.73 bits per heavy atom. The van der Waals surface area contributed by atoms with Gasteiger partial charge in [-0.3, -0.25) is 9.89 Å². The number of H-pyrrole nitrogens is 1. The van der Waals surface area contributed by atoms with E-state index in [0.29, 0.717) is 22.7 Å². The third-order valence-corrected chi connectivity index (χ3v) is 5.02. The van der Waals surface area contributed by atoms with Crippen LogP contribution in [0.25, 0.3) is 16.8 Å². The molecular formula is C21H18ClN3O. The lowest BCUT2D eigenvalue weighted by molar-refractivity contribution is 0.847. The first kappa shape index (κ1) is 16.6. The van der Waals surface area contributed by atoms with Gasteiger partial charge in [-0.2, -0.15) is 0 Å². The van der Waals surface area contributed by atoms with Crippen LogP contribution in [0, 0.1) is 13.8 Å². The van der Waals surface area contributed by atoms with Gasteiger partial charge in [0.25, 0.3) is 5.56 Å². The number of nitrogens with zero attached hydrogens (tertiary/aromatic N) is 2. The maximum Gasteiger partial charge on any atom is 0.276 e. The van der Waals surface area contributed by atoms with Crippen LogP contribution in [0.1, 0.15) is 22.5 Å². The molecule has 130 valence electrons. The van der Waals surface area contributed by atoms with Crippen molar-refractivity contribution in [2.24, 2.45) is 0 Å². The highest BCUT2D eigenvalue weighted by Crippen LogP contribution is 2.27. The fourth-order valence-electron chi connectivity index (χ4n) is 3.31. The topological polar surface area (TPSA) is 50.2 Å². The van der Waals surface area contributed by atoms with E-state index in [1.54, 1.807) is 0 Å². The van der Waals surface area contributed by atoms with Crippen LogP contribution in [0.4, 0.5) is 0 Å². The minimum absolute atomic E-state index is 0.0855. The van der Waals surface area contributed by atoms with Gasteiger partial charge in [0.2, 0.25) is 0 Å². The van der Waals surface area contributed by atoms with E-state index in [9.17, 15) is 4.79 Å². The molecule has 1 N–H and O–H groups in total. The van der Waals surface area contributed by atoms with Gasteiger partial charge in [0.1, 0.15) is 0 Å². The summed E-state index contributed by atoms with van der Waals surface area (Å²) in [5.74, 6) is 0. The molecule has 0 spiro atoms. The maximum absolute atomic E-state index is 13.1. The highest BCUT2D eigenvalue weighted by Gasteiger charge is 2.18. The number of hydrogen-bond donors (Lipinski definition) is 1. The summed E-state index contributed by atoms with van der Waals surface area (Å²) in [7, 11) is 0. The molecule has 4 nitrogen and oxygen atoms in total. The van der Waals surface area contributed by atoms with E-state index in [1.807, 2.05) is 68.4 Å². The van der Waals surface area contributed by atoms with Crippen molar-refractivity contribution >= 4 is 17.2 Å². The van der Waals surface area contributed by atoms with Crippen LogP contribution in [0.2, 0.25) is 5.02 Å². The molecule has 0 atom stereocenters. The van der Waals surface area contributed by atoms with Gasteiger partial charge in [-0.1, -0.05) is 60.1 Å². The maximum atomic E-state index is 13.1. The number of benzene rings is 2. The summed E-state index contributed by atoms with van der Waals surface area (Å²) in [5.41, 5.74) is 5.76. The molecule has 0 aliphatic heterocycles. The van der Waals surface area contributed by atoms with Crippen molar-refractivity contribution < 1.29 is 0 Å². The second-order valence-corrected chi connectivity index (χ2v) is 6.79. The lowest BCUT2D eigenvalue weighted by Gasteiger charge is -2.08. The predicted molar refractivity (Wildman–Crippen MR) is 105 cm³/mol. The molecule has 4 rings (SSSR count). The summed E-state index contributed by atoms with van der Waals surface area (Å²) >= 11 is 6.27. The van der Waals surface area contributed by atoms with Crippen LogP contribution >= 0.6 is 11.6 Å². The SMILES string of the molecule is Cc1nc2c(-c3ccccc3)c(C)[nH]n2c(=O)c1Cc1ccccc1Cl. The third kappa shape index (κ3) is 2.72. The Morgan fingerprint density at radius 3 is 2.46 bits per heavy atom. The smallest absolute Gasteiger partial charge is 0.276 e. The zero-order valence-corrected chi connectivity index (χ0v) is 15.3. The van der Waals surface area contributed by atoms with Gasteiger partial charge in [0.15, 0.2) is 5.65 Å². The monoisotopic (exact) mass is 363 g/mol. The molecule has 0 aliphatic rings. The molecule has 5 heteroatoms. The highest BCUT2D eigenvalue weighted by atomic mass is 35.5. The van der Waals surface area contributed by atoms with Crippen molar-refractivity contribution in [3.63, 3.8) is 0 Å². The number of aromatic amines is 1. The van der Waals surface area contributed by atoms with E-state index in [-0.39, 0.29) is 5.56 Å². The molecule has 2 aromatic carbocycles. The van der Waals surface area contributed by atoms with Gasteiger partial charge in [0, 0.05) is 34.0 Å². The molecule has 0 saturated carbocycles. The number of nitrogens with one attached hydrogen (secondary N) is 1.